The number of nitrogens with one attached hydrogen (secondary N) is 1. The smallest absolute Gasteiger partial charge is 0.275 e. The van der Waals surface area contributed by atoms with Crippen molar-refractivity contribution >= 4 is 29.4 Å². The van der Waals surface area contributed by atoms with E-state index in [4.69, 9.17) is 16.3 Å². The monoisotopic (exact) mass is 365 g/mol. The maximum absolute atomic E-state index is 12.0. The quantitative estimate of drug-likeness (QED) is 0.423. The second-order valence-corrected chi connectivity index (χ2v) is 5.12. The van der Waals surface area contributed by atoms with E-state index in [-0.39, 0.29) is 27.8 Å². The SMILES string of the molecule is COc1cc(/C=N/NC(=O)c2cc([N+](=O)[O-])ccc2O)cc(Cl)c1O. The average molecular weight is 366 g/mol. The number of aromatic hydroxyl groups is 2. The molecule has 0 atom stereocenters. The van der Waals surface area contributed by atoms with Gasteiger partial charge in [-0.05, 0) is 23.8 Å². The Morgan fingerprint density at radius 3 is 2.72 bits per heavy atom. The first-order chi connectivity index (χ1) is 11.8. The van der Waals surface area contributed by atoms with Crippen molar-refractivity contribution in [1.82, 2.24) is 5.43 Å². The third-order valence-electron chi connectivity index (χ3n) is 3.09. The van der Waals surface area contributed by atoms with Gasteiger partial charge in [0.1, 0.15) is 5.75 Å². The summed E-state index contributed by atoms with van der Waals surface area (Å²) in [6, 6.07) is 5.86. The van der Waals surface area contributed by atoms with Gasteiger partial charge in [-0.15, -0.1) is 0 Å². The summed E-state index contributed by atoms with van der Waals surface area (Å²) in [4.78, 5) is 22.0. The molecule has 2 rings (SSSR count). The van der Waals surface area contributed by atoms with Gasteiger partial charge in [0.15, 0.2) is 11.5 Å². The van der Waals surface area contributed by atoms with Crippen LogP contribution in [0.4, 0.5) is 5.69 Å². The minimum atomic E-state index is -0.839. The van der Waals surface area contributed by atoms with Gasteiger partial charge in [-0.2, -0.15) is 5.10 Å². The van der Waals surface area contributed by atoms with Crippen LogP contribution in [0.15, 0.2) is 35.4 Å². The molecule has 0 heterocycles. The van der Waals surface area contributed by atoms with Crippen LogP contribution in [-0.2, 0) is 0 Å². The molecule has 0 spiro atoms. The van der Waals surface area contributed by atoms with Gasteiger partial charge in [-0.1, -0.05) is 11.6 Å². The number of amides is 1. The van der Waals surface area contributed by atoms with Gasteiger partial charge in [0.05, 0.1) is 28.8 Å². The van der Waals surface area contributed by atoms with Crippen LogP contribution in [0.25, 0.3) is 0 Å². The van der Waals surface area contributed by atoms with Gasteiger partial charge < -0.3 is 14.9 Å². The lowest BCUT2D eigenvalue weighted by atomic mass is 10.1. The van der Waals surface area contributed by atoms with Crippen molar-refractivity contribution < 1.29 is 24.7 Å². The first-order valence-electron chi connectivity index (χ1n) is 6.70. The Morgan fingerprint density at radius 1 is 1.36 bits per heavy atom. The summed E-state index contributed by atoms with van der Waals surface area (Å²) < 4.78 is 4.93. The number of carbonyl (C=O) groups is 1. The summed E-state index contributed by atoms with van der Waals surface area (Å²) in [5, 5.41) is 33.7. The van der Waals surface area contributed by atoms with Crippen LogP contribution in [0.1, 0.15) is 15.9 Å². The first-order valence-corrected chi connectivity index (χ1v) is 7.08. The summed E-state index contributed by atoms with van der Waals surface area (Å²) in [6.45, 7) is 0. The molecule has 25 heavy (non-hydrogen) atoms. The number of halogens is 1. The lowest BCUT2D eigenvalue weighted by Crippen LogP contribution is -2.18. The average Bonchev–Trinajstić information content (AvgIpc) is 2.57. The summed E-state index contributed by atoms with van der Waals surface area (Å²) in [5.74, 6) is -1.37. The van der Waals surface area contributed by atoms with Gasteiger partial charge in [0, 0.05) is 12.1 Å². The van der Waals surface area contributed by atoms with Crippen molar-refractivity contribution in [3.63, 3.8) is 0 Å². The molecule has 0 aliphatic carbocycles. The fraction of sp³-hybridized carbons (Fsp3) is 0.0667. The molecule has 2 aromatic rings. The largest absolute Gasteiger partial charge is 0.507 e. The van der Waals surface area contributed by atoms with Crippen molar-refractivity contribution in [3.05, 3.63) is 56.6 Å². The van der Waals surface area contributed by atoms with Crippen LogP contribution in [0.2, 0.25) is 5.02 Å². The predicted molar refractivity (Wildman–Crippen MR) is 89.5 cm³/mol. The third-order valence-corrected chi connectivity index (χ3v) is 3.37. The fourth-order valence-corrected chi connectivity index (χ4v) is 2.09. The van der Waals surface area contributed by atoms with E-state index in [1.807, 2.05) is 0 Å². The molecule has 2 aromatic carbocycles. The van der Waals surface area contributed by atoms with Gasteiger partial charge in [-0.25, -0.2) is 5.43 Å². The fourth-order valence-electron chi connectivity index (χ4n) is 1.87. The van der Waals surface area contributed by atoms with Gasteiger partial charge in [0.2, 0.25) is 0 Å². The van der Waals surface area contributed by atoms with E-state index in [1.165, 1.54) is 25.5 Å². The van der Waals surface area contributed by atoms with E-state index in [0.29, 0.717) is 5.56 Å². The van der Waals surface area contributed by atoms with E-state index < -0.39 is 16.6 Å². The number of rotatable bonds is 5. The third kappa shape index (κ3) is 4.15. The summed E-state index contributed by atoms with van der Waals surface area (Å²) in [7, 11) is 1.35. The summed E-state index contributed by atoms with van der Waals surface area (Å²) in [6.07, 6.45) is 1.22. The van der Waals surface area contributed by atoms with Gasteiger partial charge in [-0.3, -0.25) is 14.9 Å². The topological polar surface area (TPSA) is 134 Å². The number of nitro benzene ring substituents is 1. The van der Waals surface area contributed by atoms with Crippen molar-refractivity contribution in [2.45, 2.75) is 0 Å². The van der Waals surface area contributed by atoms with Crippen LogP contribution in [-0.4, -0.2) is 34.4 Å². The molecule has 0 aliphatic rings. The standard InChI is InChI=1S/C15H12ClN3O6/c1-25-13-5-8(4-11(16)14(13)21)7-17-18-15(22)10-6-9(19(23)24)2-3-12(10)20/h2-7,20-21H,1H3,(H,18,22)/b17-7+. The van der Waals surface area contributed by atoms with E-state index >= 15 is 0 Å². The van der Waals surface area contributed by atoms with Crippen LogP contribution < -0.4 is 10.2 Å². The number of carbonyl (C=O) groups excluding carboxylic acids is 1. The Kier molecular flexibility index (Phi) is 5.40. The highest BCUT2D eigenvalue weighted by molar-refractivity contribution is 6.32. The maximum Gasteiger partial charge on any atom is 0.275 e. The molecule has 10 heteroatoms. The number of nitro groups is 1. The van der Waals surface area contributed by atoms with E-state index in [2.05, 4.69) is 10.5 Å². The molecule has 1 amide bonds. The van der Waals surface area contributed by atoms with Crippen molar-refractivity contribution in [2.75, 3.05) is 7.11 Å². The second-order valence-electron chi connectivity index (χ2n) is 4.71. The number of hydrogen-bond donors (Lipinski definition) is 3. The van der Waals surface area contributed by atoms with Crippen LogP contribution in [0.5, 0.6) is 17.2 Å². The molecule has 0 saturated heterocycles. The van der Waals surface area contributed by atoms with Crippen LogP contribution in [0.3, 0.4) is 0 Å². The molecular weight excluding hydrogens is 354 g/mol. The van der Waals surface area contributed by atoms with Crippen molar-refractivity contribution in [1.29, 1.82) is 0 Å². The number of phenolic OH excluding ortho intramolecular Hbond substituents is 2. The minimum Gasteiger partial charge on any atom is -0.507 e. The minimum absolute atomic E-state index is 0.0310. The number of hydrazone groups is 1. The highest BCUT2D eigenvalue weighted by Crippen LogP contribution is 2.34. The molecule has 0 radical (unpaired) electrons. The van der Waals surface area contributed by atoms with E-state index in [0.717, 1.165) is 18.2 Å². The van der Waals surface area contributed by atoms with Crippen molar-refractivity contribution in [3.8, 4) is 17.2 Å². The molecule has 9 nitrogen and oxygen atoms in total. The molecule has 0 aliphatic heterocycles. The number of benzene rings is 2. The van der Waals surface area contributed by atoms with Gasteiger partial charge in [0.25, 0.3) is 11.6 Å². The molecule has 3 N–H and O–H groups in total. The molecule has 130 valence electrons. The van der Waals surface area contributed by atoms with Crippen LogP contribution in [0, 0.1) is 10.1 Å². The Labute approximate surface area is 146 Å². The van der Waals surface area contributed by atoms with E-state index in [1.54, 1.807) is 0 Å². The lowest BCUT2D eigenvalue weighted by Gasteiger charge is -2.06. The number of methoxy groups -OCH3 is 1. The Balaban J connectivity index is 2.17. The highest BCUT2D eigenvalue weighted by Gasteiger charge is 2.16. The van der Waals surface area contributed by atoms with Crippen LogP contribution >= 0.6 is 11.6 Å². The number of phenols is 2. The van der Waals surface area contributed by atoms with Gasteiger partial charge >= 0.3 is 0 Å². The van der Waals surface area contributed by atoms with E-state index in [9.17, 15) is 25.1 Å². The second kappa shape index (κ2) is 7.49. The highest BCUT2D eigenvalue weighted by atomic mass is 35.5. The first kappa shape index (κ1) is 18.0. The number of non-ortho nitro benzene ring substituents is 1. The lowest BCUT2D eigenvalue weighted by molar-refractivity contribution is -0.384. The number of hydrogen-bond acceptors (Lipinski definition) is 7. The normalized spacial score (nSPS) is 10.6. The van der Waals surface area contributed by atoms with Crippen molar-refractivity contribution in [2.24, 2.45) is 5.10 Å². The molecular formula is C15H12ClN3O6. The predicted octanol–water partition coefficient (Wildman–Crippen LogP) is 2.43. The zero-order valence-corrected chi connectivity index (χ0v) is 13.5. The summed E-state index contributed by atoms with van der Waals surface area (Å²) >= 11 is 5.83. The Morgan fingerprint density at radius 2 is 2.08 bits per heavy atom. The molecule has 0 unspecified atom stereocenters. The summed E-state index contributed by atoms with van der Waals surface area (Å²) in [5.41, 5.74) is 1.90. The maximum atomic E-state index is 12.0. The molecule has 0 saturated carbocycles. The zero-order valence-electron chi connectivity index (χ0n) is 12.8. The Bertz CT molecular complexity index is 869. The Hall–Kier alpha value is -3.33. The molecule has 0 bridgehead atoms. The number of ether oxygens (including phenoxy) is 1. The number of nitrogens with zero attached hydrogens (tertiary/aromatic N) is 2. The zero-order chi connectivity index (χ0) is 18.6. The molecule has 0 fully saturated rings. The molecule has 0 aromatic heterocycles.